The predicted molar refractivity (Wildman–Crippen MR) is 105 cm³/mol. The van der Waals surface area contributed by atoms with Crippen molar-refractivity contribution >= 4 is 17.6 Å². The number of amides is 1. The summed E-state index contributed by atoms with van der Waals surface area (Å²) in [5.74, 6) is 1.24. The summed E-state index contributed by atoms with van der Waals surface area (Å²) in [4.78, 5) is 21.2. The first-order chi connectivity index (χ1) is 13.8. The number of anilines is 1. The number of nitrogens with one attached hydrogen (secondary N) is 2. The second-order valence-electron chi connectivity index (χ2n) is 6.03. The van der Waals surface area contributed by atoms with Crippen molar-refractivity contribution in [3.63, 3.8) is 0 Å². The number of fused-ring (bicyclic) bond motifs is 1. The molecule has 7 nitrogen and oxygen atoms in total. The van der Waals surface area contributed by atoms with E-state index in [1.165, 1.54) is 0 Å². The van der Waals surface area contributed by atoms with Crippen LogP contribution in [0, 0.1) is 0 Å². The number of rotatable bonds is 4. The third kappa shape index (κ3) is 4.27. The van der Waals surface area contributed by atoms with Crippen molar-refractivity contribution in [2.75, 3.05) is 12.1 Å². The van der Waals surface area contributed by atoms with E-state index in [0.29, 0.717) is 29.6 Å². The van der Waals surface area contributed by atoms with Gasteiger partial charge in [0, 0.05) is 23.6 Å². The normalized spacial score (nSPS) is 12.5. The fourth-order valence-corrected chi connectivity index (χ4v) is 2.64. The molecular formula is C21H18N4O3. The lowest BCUT2D eigenvalue weighted by Gasteiger charge is -2.12. The molecule has 0 atom stereocenters. The number of ether oxygens (including phenoxy) is 2. The van der Waals surface area contributed by atoms with Crippen LogP contribution in [0.25, 0.3) is 0 Å². The maximum atomic E-state index is 12.7. The third-order valence-electron chi connectivity index (χ3n) is 4.07. The molecule has 0 saturated heterocycles. The lowest BCUT2D eigenvalue weighted by Crippen LogP contribution is -2.36. The molecule has 0 saturated carbocycles. The minimum Gasteiger partial charge on any atom is -0.454 e. The standard InChI is InChI=1S/C21H18N4O3/c26-20(16-6-7-18-19(12-16)28-14-27-18)25-21(24-17-4-2-1-3-5-17)23-13-15-8-10-22-11-9-15/h1-12H,13-14H2,(H2,23,24,25,26). The second-order valence-corrected chi connectivity index (χ2v) is 6.03. The number of carbonyl (C=O) groups excluding carboxylic acids is 1. The topological polar surface area (TPSA) is 84.8 Å². The van der Waals surface area contributed by atoms with Gasteiger partial charge in [0.1, 0.15) is 0 Å². The molecule has 28 heavy (non-hydrogen) atoms. The smallest absolute Gasteiger partial charge is 0.258 e. The van der Waals surface area contributed by atoms with Gasteiger partial charge in [-0.3, -0.25) is 15.1 Å². The lowest BCUT2D eigenvalue weighted by atomic mass is 10.2. The number of nitrogens with zero attached hydrogens (tertiary/aromatic N) is 2. The van der Waals surface area contributed by atoms with Crippen molar-refractivity contribution in [2.24, 2.45) is 4.99 Å². The average molecular weight is 374 g/mol. The molecule has 0 bridgehead atoms. The van der Waals surface area contributed by atoms with Crippen LogP contribution in [0.3, 0.4) is 0 Å². The van der Waals surface area contributed by atoms with Crippen LogP contribution >= 0.6 is 0 Å². The number of para-hydroxylation sites is 1. The Morgan fingerprint density at radius 1 is 1.00 bits per heavy atom. The van der Waals surface area contributed by atoms with E-state index >= 15 is 0 Å². The molecule has 0 unspecified atom stereocenters. The summed E-state index contributed by atoms with van der Waals surface area (Å²) in [6.07, 6.45) is 3.42. The molecule has 4 rings (SSSR count). The first-order valence-electron chi connectivity index (χ1n) is 8.74. The molecule has 7 heteroatoms. The van der Waals surface area contributed by atoms with Gasteiger partial charge in [0.2, 0.25) is 12.8 Å². The zero-order chi connectivity index (χ0) is 19.2. The van der Waals surface area contributed by atoms with Gasteiger partial charge in [0.25, 0.3) is 5.91 Å². The largest absolute Gasteiger partial charge is 0.454 e. The monoisotopic (exact) mass is 374 g/mol. The van der Waals surface area contributed by atoms with Crippen LogP contribution in [-0.4, -0.2) is 23.6 Å². The Morgan fingerprint density at radius 2 is 1.79 bits per heavy atom. The molecule has 3 aromatic rings. The van der Waals surface area contributed by atoms with E-state index in [0.717, 1.165) is 11.3 Å². The number of carbonyl (C=O) groups is 1. The highest BCUT2D eigenvalue weighted by Crippen LogP contribution is 2.32. The van der Waals surface area contributed by atoms with E-state index in [1.54, 1.807) is 30.6 Å². The van der Waals surface area contributed by atoms with E-state index < -0.39 is 0 Å². The van der Waals surface area contributed by atoms with E-state index in [4.69, 9.17) is 9.47 Å². The molecule has 1 amide bonds. The number of aliphatic imine (C=N–C) groups is 1. The van der Waals surface area contributed by atoms with Crippen molar-refractivity contribution < 1.29 is 14.3 Å². The molecular weight excluding hydrogens is 356 g/mol. The SMILES string of the molecule is O=C(NC(=NCc1ccncc1)Nc1ccccc1)c1ccc2c(c1)OCO2. The van der Waals surface area contributed by atoms with Crippen LogP contribution in [-0.2, 0) is 6.54 Å². The van der Waals surface area contributed by atoms with Gasteiger partial charge in [-0.2, -0.15) is 0 Å². The summed E-state index contributed by atoms with van der Waals surface area (Å²) < 4.78 is 10.6. The highest BCUT2D eigenvalue weighted by atomic mass is 16.7. The molecule has 1 aromatic heterocycles. The van der Waals surface area contributed by atoms with Crippen LogP contribution in [0.2, 0.25) is 0 Å². The van der Waals surface area contributed by atoms with Gasteiger partial charge in [-0.1, -0.05) is 18.2 Å². The van der Waals surface area contributed by atoms with E-state index in [1.807, 2.05) is 42.5 Å². The first-order valence-corrected chi connectivity index (χ1v) is 8.74. The zero-order valence-corrected chi connectivity index (χ0v) is 15.0. The summed E-state index contributed by atoms with van der Waals surface area (Å²) in [6.45, 7) is 0.563. The van der Waals surface area contributed by atoms with Crippen LogP contribution in [0.1, 0.15) is 15.9 Å². The van der Waals surface area contributed by atoms with Gasteiger partial charge >= 0.3 is 0 Å². The van der Waals surface area contributed by atoms with Crippen molar-refractivity contribution in [3.05, 3.63) is 84.2 Å². The number of hydrogen-bond donors (Lipinski definition) is 2. The minimum absolute atomic E-state index is 0.161. The zero-order valence-electron chi connectivity index (χ0n) is 15.0. The van der Waals surface area contributed by atoms with Gasteiger partial charge in [-0.15, -0.1) is 0 Å². The summed E-state index contributed by atoms with van der Waals surface area (Å²) in [5, 5.41) is 5.98. The molecule has 2 aromatic carbocycles. The fraction of sp³-hybridized carbons (Fsp3) is 0.0952. The number of benzene rings is 2. The molecule has 1 aliphatic heterocycles. The molecule has 0 radical (unpaired) electrons. The molecule has 2 heterocycles. The molecule has 0 aliphatic carbocycles. The number of pyridine rings is 1. The van der Waals surface area contributed by atoms with Gasteiger partial charge in [-0.25, -0.2) is 4.99 Å². The quantitative estimate of drug-likeness (QED) is 0.541. The first kappa shape index (κ1) is 17.5. The van der Waals surface area contributed by atoms with Crippen molar-refractivity contribution in [2.45, 2.75) is 6.54 Å². The number of aromatic nitrogens is 1. The molecule has 0 spiro atoms. The summed E-state index contributed by atoms with van der Waals surface area (Å²) in [6, 6.07) is 18.3. The predicted octanol–water partition coefficient (Wildman–Crippen LogP) is 3.21. The Kier molecular flexibility index (Phi) is 5.15. The minimum atomic E-state index is -0.296. The molecule has 0 fully saturated rings. The maximum Gasteiger partial charge on any atom is 0.258 e. The Hall–Kier alpha value is -3.87. The summed E-state index contributed by atoms with van der Waals surface area (Å²) in [7, 11) is 0. The van der Waals surface area contributed by atoms with Crippen LogP contribution in [0.15, 0.2) is 78.0 Å². The van der Waals surface area contributed by atoms with Crippen LogP contribution in [0.5, 0.6) is 11.5 Å². The van der Waals surface area contributed by atoms with Gasteiger partial charge < -0.3 is 14.8 Å². The van der Waals surface area contributed by atoms with Gasteiger partial charge in [-0.05, 0) is 48.0 Å². The third-order valence-corrected chi connectivity index (χ3v) is 4.07. The average Bonchev–Trinajstić information content (AvgIpc) is 3.21. The highest BCUT2D eigenvalue weighted by Gasteiger charge is 2.17. The molecule has 1 aliphatic rings. The van der Waals surface area contributed by atoms with Crippen LogP contribution in [0.4, 0.5) is 5.69 Å². The maximum absolute atomic E-state index is 12.7. The van der Waals surface area contributed by atoms with E-state index in [-0.39, 0.29) is 12.7 Å². The molecule has 2 N–H and O–H groups in total. The van der Waals surface area contributed by atoms with Crippen molar-refractivity contribution in [1.29, 1.82) is 0 Å². The van der Waals surface area contributed by atoms with Gasteiger partial charge in [0.05, 0.1) is 6.54 Å². The Labute approximate surface area is 162 Å². The van der Waals surface area contributed by atoms with E-state index in [2.05, 4.69) is 20.6 Å². The second kappa shape index (κ2) is 8.22. The summed E-state index contributed by atoms with van der Waals surface area (Å²) in [5.41, 5.74) is 2.26. The summed E-state index contributed by atoms with van der Waals surface area (Å²) >= 11 is 0. The van der Waals surface area contributed by atoms with Crippen LogP contribution < -0.4 is 20.1 Å². The van der Waals surface area contributed by atoms with Crippen molar-refractivity contribution in [3.8, 4) is 11.5 Å². The molecule has 140 valence electrons. The van der Waals surface area contributed by atoms with Gasteiger partial charge in [0.15, 0.2) is 11.5 Å². The van der Waals surface area contributed by atoms with E-state index in [9.17, 15) is 4.79 Å². The fourth-order valence-electron chi connectivity index (χ4n) is 2.64. The number of hydrogen-bond acceptors (Lipinski definition) is 5. The Bertz CT molecular complexity index is 991. The van der Waals surface area contributed by atoms with Crippen molar-refractivity contribution in [1.82, 2.24) is 10.3 Å². The Balaban J connectivity index is 1.53. The lowest BCUT2D eigenvalue weighted by molar-refractivity contribution is 0.0976. The number of guanidine groups is 1. The Morgan fingerprint density at radius 3 is 2.61 bits per heavy atom. The highest BCUT2D eigenvalue weighted by molar-refractivity contribution is 6.10.